The predicted octanol–water partition coefficient (Wildman–Crippen LogP) is 4.88. The van der Waals surface area contributed by atoms with Crippen molar-refractivity contribution in [1.29, 1.82) is 0 Å². The number of esters is 1. The molecule has 0 amide bonds. The van der Waals surface area contributed by atoms with E-state index in [2.05, 4.69) is 0 Å². The maximum atomic E-state index is 15.0. The topological polar surface area (TPSA) is 61.8 Å². The van der Waals surface area contributed by atoms with Crippen LogP contribution in [0.15, 0.2) is 11.6 Å². The minimum Gasteiger partial charge on any atom is -0.493 e. The van der Waals surface area contributed by atoms with Gasteiger partial charge in [-0.25, -0.2) is 4.39 Å². The smallest absolute Gasteiger partial charge is 0.309 e. The van der Waals surface area contributed by atoms with E-state index in [1.807, 2.05) is 13.8 Å². The maximum Gasteiger partial charge on any atom is 0.309 e. The molecule has 0 heterocycles. The van der Waals surface area contributed by atoms with Gasteiger partial charge in [0.15, 0.2) is 23.1 Å². The van der Waals surface area contributed by atoms with E-state index in [-0.39, 0.29) is 18.0 Å². The molecule has 0 radical (unpaired) electrons. The Bertz CT molecular complexity index is 724. The SMILES string of the molecule is CCCC/C(=C\c1c(C)cc(OC)c(OC)c1F)C(=O)CC(CC)C(=O)OC. The maximum absolute atomic E-state index is 15.0. The number of unbranched alkanes of at least 4 members (excludes halogenated alkanes) is 1. The van der Waals surface area contributed by atoms with Crippen LogP contribution in [-0.2, 0) is 14.3 Å². The van der Waals surface area contributed by atoms with Gasteiger partial charge in [-0.15, -0.1) is 0 Å². The van der Waals surface area contributed by atoms with Crippen LogP contribution in [0.2, 0.25) is 0 Å². The average Bonchev–Trinajstić information content (AvgIpc) is 2.70. The molecule has 0 N–H and O–H groups in total. The van der Waals surface area contributed by atoms with Crippen LogP contribution in [0.5, 0.6) is 11.5 Å². The first-order valence-electron chi connectivity index (χ1n) is 9.57. The molecule has 0 aromatic heterocycles. The number of aryl methyl sites for hydroxylation is 1. The van der Waals surface area contributed by atoms with Crippen molar-refractivity contribution < 1.29 is 28.2 Å². The number of Topliss-reactive ketones (excluding diaryl/α,β-unsaturated/α-hetero) is 1. The molecule has 28 heavy (non-hydrogen) atoms. The number of halogens is 1. The van der Waals surface area contributed by atoms with Crippen LogP contribution in [0.1, 0.15) is 57.1 Å². The number of hydrogen-bond acceptors (Lipinski definition) is 5. The third-order valence-corrected chi connectivity index (χ3v) is 4.79. The average molecular weight is 394 g/mol. The van der Waals surface area contributed by atoms with Crippen molar-refractivity contribution in [2.45, 2.75) is 52.9 Å². The molecule has 0 bridgehead atoms. The number of benzene rings is 1. The number of carbonyl (C=O) groups is 2. The zero-order valence-electron chi connectivity index (χ0n) is 17.7. The summed E-state index contributed by atoms with van der Waals surface area (Å²) in [7, 11) is 4.13. The highest BCUT2D eigenvalue weighted by atomic mass is 19.1. The van der Waals surface area contributed by atoms with Gasteiger partial charge in [-0.2, -0.15) is 0 Å². The van der Waals surface area contributed by atoms with Gasteiger partial charge in [0, 0.05) is 12.0 Å². The van der Waals surface area contributed by atoms with Gasteiger partial charge in [-0.1, -0.05) is 20.3 Å². The van der Waals surface area contributed by atoms with Gasteiger partial charge in [0.05, 0.1) is 27.2 Å². The molecule has 1 aromatic carbocycles. The standard InChI is InChI=1S/C22H31FO5/c1-7-9-10-16(18(24)13-15(8-2)22(25)28-6)12-17-14(3)11-19(26-4)21(27-5)20(17)23/h11-12,15H,7-10,13H2,1-6H3/b16-12+. The zero-order chi connectivity index (χ0) is 21.3. The summed E-state index contributed by atoms with van der Waals surface area (Å²) in [5.41, 5.74) is 1.43. The lowest BCUT2D eigenvalue weighted by molar-refractivity contribution is -0.147. The molecule has 0 spiro atoms. The van der Waals surface area contributed by atoms with Crippen LogP contribution in [0, 0.1) is 18.7 Å². The normalized spacial score (nSPS) is 12.5. The van der Waals surface area contributed by atoms with Crippen LogP contribution < -0.4 is 9.47 Å². The minimum atomic E-state index is -0.568. The Hall–Kier alpha value is -2.37. The van der Waals surface area contributed by atoms with Gasteiger partial charge >= 0.3 is 5.97 Å². The fourth-order valence-corrected chi connectivity index (χ4v) is 3.01. The highest BCUT2D eigenvalue weighted by Gasteiger charge is 2.24. The van der Waals surface area contributed by atoms with Gasteiger partial charge in [-0.3, -0.25) is 9.59 Å². The van der Waals surface area contributed by atoms with Crippen molar-refractivity contribution in [1.82, 2.24) is 0 Å². The predicted molar refractivity (Wildman–Crippen MR) is 107 cm³/mol. The molecule has 0 fully saturated rings. The van der Waals surface area contributed by atoms with Crippen LogP contribution in [0.4, 0.5) is 4.39 Å². The minimum absolute atomic E-state index is 0.00244. The number of rotatable bonds is 11. The lowest BCUT2D eigenvalue weighted by Crippen LogP contribution is -2.20. The quantitative estimate of drug-likeness (QED) is 0.395. The van der Waals surface area contributed by atoms with Crippen LogP contribution >= 0.6 is 0 Å². The van der Waals surface area contributed by atoms with Crippen molar-refractivity contribution in [3.05, 3.63) is 28.6 Å². The number of hydrogen-bond donors (Lipinski definition) is 0. The van der Waals surface area contributed by atoms with Gasteiger partial charge < -0.3 is 14.2 Å². The monoisotopic (exact) mass is 394 g/mol. The molecule has 1 aromatic rings. The summed E-state index contributed by atoms with van der Waals surface area (Å²) >= 11 is 0. The molecular formula is C22H31FO5. The molecule has 0 aliphatic carbocycles. The first-order valence-corrected chi connectivity index (χ1v) is 9.57. The van der Waals surface area contributed by atoms with Crippen LogP contribution in [-0.4, -0.2) is 33.1 Å². The Balaban J connectivity index is 3.35. The number of ether oxygens (including phenoxy) is 3. The Morgan fingerprint density at radius 3 is 2.36 bits per heavy atom. The van der Waals surface area contributed by atoms with E-state index < -0.39 is 17.7 Å². The van der Waals surface area contributed by atoms with Gasteiger partial charge in [0.25, 0.3) is 0 Å². The molecule has 1 rings (SSSR count). The van der Waals surface area contributed by atoms with Crippen molar-refractivity contribution in [3.8, 4) is 11.5 Å². The summed E-state index contributed by atoms with van der Waals surface area (Å²) in [5, 5.41) is 0. The highest BCUT2D eigenvalue weighted by molar-refractivity contribution is 6.01. The summed E-state index contributed by atoms with van der Waals surface area (Å²) in [6.45, 7) is 5.61. The van der Waals surface area contributed by atoms with E-state index in [4.69, 9.17) is 14.2 Å². The Kier molecular flexibility index (Phi) is 9.69. The molecule has 0 aliphatic heterocycles. The largest absolute Gasteiger partial charge is 0.493 e. The van der Waals surface area contributed by atoms with Crippen molar-refractivity contribution >= 4 is 17.8 Å². The number of ketones is 1. The van der Waals surface area contributed by atoms with E-state index >= 15 is 4.39 Å². The second-order valence-corrected chi connectivity index (χ2v) is 6.69. The van der Waals surface area contributed by atoms with Crippen molar-refractivity contribution in [2.24, 2.45) is 5.92 Å². The number of methoxy groups -OCH3 is 3. The molecule has 6 heteroatoms. The van der Waals surface area contributed by atoms with Crippen LogP contribution in [0.3, 0.4) is 0 Å². The second kappa shape index (κ2) is 11.5. The zero-order valence-corrected chi connectivity index (χ0v) is 17.7. The molecule has 0 aliphatic rings. The fourth-order valence-electron chi connectivity index (χ4n) is 3.01. The Morgan fingerprint density at radius 2 is 1.86 bits per heavy atom. The van der Waals surface area contributed by atoms with E-state index in [0.717, 1.165) is 12.8 Å². The second-order valence-electron chi connectivity index (χ2n) is 6.69. The van der Waals surface area contributed by atoms with Gasteiger partial charge in [0.1, 0.15) is 0 Å². The summed E-state index contributed by atoms with van der Waals surface area (Å²) in [6.07, 6.45) is 4.33. The summed E-state index contributed by atoms with van der Waals surface area (Å²) in [5.74, 6) is -1.34. The van der Waals surface area contributed by atoms with Crippen LogP contribution in [0.25, 0.3) is 6.08 Å². The van der Waals surface area contributed by atoms with E-state index in [0.29, 0.717) is 35.3 Å². The number of allylic oxidation sites excluding steroid dienone is 1. The molecule has 156 valence electrons. The first-order chi connectivity index (χ1) is 13.3. The van der Waals surface area contributed by atoms with E-state index in [1.165, 1.54) is 21.3 Å². The highest BCUT2D eigenvalue weighted by Crippen LogP contribution is 2.36. The molecule has 1 unspecified atom stereocenters. The van der Waals surface area contributed by atoms with Crippen molar-refractivity contribution in [2.75, 3.05) is 21.3 Å². The number of carbonyl (C=O) groups excluding carboxylic acids is 2. The molecule has 0 saturated heterocycles. The van der Waals surface area contributed by atoms with Gasteiger partial charge in [0.2, 0.25) is 0 Å². The van der Waals surface area contributed by atoms with Crippen molar-refractivity contribution in [3.63, 3.8) is 0 Å². The summed E-state index contributed by atoms with van der Waals surface area (Å²) < 4.78 is 30.1. The van der Waals surface area contributed by atoms with E-state index in [1.54, 1.807) is 19.1 Å². The molecule has 1 atom stereocenters. The Morgan fingerprint density at radius 1 is 1.18 bits per heavy atom. The lowest BCUT2D eigenvalue weighted by atomic mass is 9.91. The first kappa shape index (κ1) is 23.7. The Labute approximate surface area is 166 Å². The summed E-state index contributed by atoms with van der Waals surface area (Å²) in [4.78, 5) is 24.7. The third kappa shape index (κ3) is 5.81. The van der Waals surface area contributed by atoms with E-state index in [9.17, 15) is 9.59 Å². The molecular weight excluding hydrogens is 363 g/mol. The lowest BCUT2D eigenvalue weighted by Gasteiger charge is -2.15. The molecule has 0 saturated carbocycles. The fraction of sp³-hybridized carbons (Fsp3) is 0.545. The third-order valence-electron chi connectivity index (χ3n) is 4.79. The summed E-state index contributed by atoms with van der Waals surface area (Å²) in [6, 6.07) is 1.68. The van der Waals surface area contributed by atoms with Gasteiger partial charge in [-0.05, 0) is 49.5 Å². The molecule has 5 nitrogen and oxygen atoms in total.